The molecule has 0 fully saturated rings. The van der Waals surface area contributed by atoms with E-state index in [9.17, 15) is 17.6 Å². The molecule has 0 saturated carbocycles. The number of hydrogen-bond acceptors (Lipinski definition) is 0. The van der Waals surface area contributed by atoms with Crippen molar-refractivity contribution >= 4 is 0 Å². The van der Waals surface area contributed by atoms with Crippen molar-refractivity contribution in [3.8, 4) is 0 Å². The molecule has 5 heteroatoms. The minimum absolute atomic E-state index is 0. The molecule has 0 nitrogen and oxygen atoms in total. The van der Waals surface area contributed by atoms with Crippen LogP contribution in [0.5, 0.6) is 0 Å². The molecule has 0 bridgehead atoms. The molecule has 0 aliphatic rings. The van der Waals surface area contributed by atoms with E-state index >= 15 is 0 Å². The molecule has 9 heavy (non-hydrogen) atoms. The molecule has 0 N–H and O–H groups in total. The van der Waals surface area contributed by atoms with Crippen LogP contribution in [0.25, 0.3) is 0 Å². The van der Waals surface area contributed by atoms with Crippen LogP contribution in [0.15, 0.2) is 0 Å². The SMILES string of the molecule is [CH2-]CC(F)(F)[C-](F)F.[Ni+2]. The number of alkyl halides is 2. The number of hydrogen-bond donors (Lipinski definition) is 0. The Morgan fingerprint density at radius 3 is 1.67 bits per heavy atom. The summed E-state index contributed by atoms with van der Waals surface area (Å²) in [4.78, 5) is 0. The Morgan fingerprint density at radius 2 is 1.67 bits per heavy atom. The van der Waals surface area contributed by atoms with Crippen LogP contribution in [0.2, 0.25) is 0 Å². The van der Waals surface area contributed by atoms with E-state index in [0.29, 0.717) is 0 Å². The van der Waals surface area contributed by atoms with Crippen molar-refractivity contribution in [3.63, 3.8) is 0 Å². The van der Waals surface area contributed by atoms with E-state index in [1.54, 1.807) is 0 Å². The van der Waals surface area contributed by atoms with Gasteiger partial charge in [0.25, 0.3) is 0 Å². The van der Waals surface area contributed by atoms with Crippen LogP contribution in [-0.2, 0) is 16.5 Å². The van der Waals surface area contributed by atoms with Crippen LogP contribution in [0, 0.1) is 13.3 Å². The molecule has 0 unspecified atom stereocenters. The molecule has 0 aromatic rings. The number of rotatable bonds is 2. The van der Waals surface area contributed by atoms with E-state index in [4.69, 9.17) is 0 Å². The van der Waals surface area contributed by atoms with Gasteiger partial charge in [-0.05, 0) is 0 Å². The molecule has 0 saturated heterocycles. The molecule has 0 aliphatic heterocycles. The van der Waals surface area contributed by atoms with Crippen molar-refractivity contribution in [2.45, 2.75) is 12.3 Å². The summed E-state index contributed by atoms with van der Waals surface area (Å²) in [6.07, 6.45) is -3.96. The van der Waals surface area contributed by atoms with E-state index in [-0.39, 0.29) is 16.5 Å². The van der Waals surface area contributed by atoms with Crippen LogP contribution < -0.4 is 0 Å². The second-order valence-electron chi connectivity index (χ2n) is 1.21. The Hall–Kier alpha value is 0.214. The maximum Gasteiger partial charge on any atom is 2.00 e. The Morgan fingerprint density at radius 1 is 1.33 bits per heavy atom. The van der Waals surface area contributed by atoms with Gasteiger partial charge in [0.1, 0.15) is 0 Å². The Labute approximate surface area is 60.5 Å². The Balaban J connectivity index is 0. The minimum Gasteiger partial charge on any atom is -0.415 e. The number of halogens is 4. The summed E-state index contributed by atoms with van der Waals surface area (Å²) in [5, 5.41) is 0. The zero-order chi connectivity index (χ0) is 6.78. The molecule has 0 aromatic carbocycles. The molecule has 0 rings (SSSR count). The van der Waals surface area contributed by atoms with Gasteiger partial charge in [0.05, 0.1) is 6.43 Å². The summed E-state index contributed by atoms with van der Waals surface area (Å²) in [7, 11) is 0. The molecular formula is C4H4F4Ni. The normalized spacial score (nSPS) is 11.3. The predicted molar refractivity (Wildman–Crippen MR) is 20.4 cm³/mol. The fourth-order valence-corrected chi connectivity index (χ4v) is 0.0945. The quantitative estimate of drug-likeness (QED) is 0.353. The van der Waals surface area contributed by atoms with Crippen LogP contribution in [0.4, 0.5) is 17.6 Å². The van der Waals surface area contributed by atoms with Gasteiger partial charge in [0, 0.05) is 0 Å². The maximum atomic E-state index is 11.4. The van der Waals surface area contributed by atoms with Crippen LogP contribution in [0.3, 0.4) is 0 Å². The van der Waals surface area contributed by atoms with Gasteiger partial charge in [-0.1, -0.05) is 0 Å². The smallest absolute Gasteiger partial charge is 0.415 e. The summed E-state index contributed by atoms with van der Waals surface area (Å²) in [5.74, 6) is -3.99. The van der Waals surface area contributed by atoms with E-state index in [0.717, 1.165) is 0 Å². The molecule has 0 amide bonds. The third-order valence-corrected chi connectivity index (χ3v) is 0.590. The van der Waals surface area contributed by atoms with Gasteiger partial charge in [-0.2, -0.15) is 0 Å². The first-order valence-corrected chi connectivity index (χ1v) is 1.86. The fraction of sp³-hybridized carbons (Fsp3) is 0.500. The van der Waals surface area contributed by atoms with Crippen molar-refractivity contribution in [3.05, 3.63) is 13.3 Å². The fourth-order valence-electron chi connectivity index (χ4n) is 0.0945. The maximum absolute atomic E-state index is 11.4. The van der Waals surface area contributed by atoms with Gasteiger partial charge in [-0.15, -0.1) is 6.42 Å². The summed E-state index contributed by atoms with van der Waals surface area (Å²) in [6, 6.07) is 0. The van der Waals surface area contributed by atoms with Crippen LogP contribution in [0.1, 0.15) is 6.42 Å². The van der Waals surface area contributed by atoms with Gasteiger partial charge >= 0.3 is 16.5 Å². The monoisotopic (exact) mass is 186 g/mol. The van der Waals surface area contributed by atoms with E-state index in [2.05, 4.69) is 6.92 Å². The van der Waals surface area contributed by atoms with E-state index in [1.165, 1.54) is 0 Å². The Kier molecular flexibility index (Phi) is 5.44. The minimum atomic E-state index is -3.99. The molecular weight excluding hydrogens is 183 g/mol. The van der Waals surface area contributed by atoms with Gasteiger partial charge < -0.3 is 15.7 Å². The topological polar surface area (TPSA) is 0 Å². The van der Waals surface area contributed by atoms with E-state index in [1.807, 2.05) is 0 Å². The third kappa shape index (κ3) is 3.74. The van der Waals surface area contributed by atoms with Crippen LogP contribution in [-0.4, -0.2) is 5.92 Å². The second-order valence-corrected chi connectivity index (χ2v) is 1.21. The van der Waals surface area contributed by atoms with Gasteiger partial charge in [-0.25, -0.2) is 8.78 Å². The zero-order valence-electron chi connectivity index (χ0n) is 4.24. The van der Waals surface area contributed by atoms with Crippen LogP contribution >= 0.6 is 0 Å². The first-order valence-electron chi connectivity index (χ1n) is 1.86. The zero-order valence-corrected chi connectivity index (χ0v) is 5.23. The van der Waals surface area contributed by atoms with Crippen molar-refractivity contribution < 1.29 is 34.1 Å². The molecule has 0 atom stereocenters. The first-order chi connectivity index (χ1) is 3.50. The Bertz CT molecular complexity index is 73.0. The average molecular weight is 187 g/mol. The van der Waals surface area contributed by atoms with E-state index < -0.39 is 18.8 Å². The molecule has 58 valence electrons. The molecule has 0 spiro atoms. The molecule has 0 radical (unpaired) electrons. The summed E-state index contributed by atoms with van der Waals surface area (Å²) >= 11 is 0. The largest absolute Gasteiger partial charge is 2.00 e. The summed E-state index contributed by atoms with van der Waals surface area (Å²) < 4.78 is 44.7. The summed E-state index contributed by atoms with van der Waals surface area (Å²) in [6.45, 7) is 2.63. The van der Waals surface area contributed by atoms with Crippen molar-refractivity contribution in [1.82, 2.24) is 0 Å². The molecule has 0 aromatic heterocycles. The van der Waals surface area contributed by atoms with Crippen molar-refractivity contribution in [2.24, 2.45) is 0 Å². The van der Waals surface area contributed by atoms with Crippen molar-refractivity contribution in [1.29, 1.82) is 0 Å². The second kappa shape index (κ2) is 4.10. The standard InChI is InChI=1S/C4H4F4.Ni/c1-2-4(7,8)3(5)6;/h1-2H2;/q-2;+2. The average Bonchev–Trinajstić information content (AvgIpc) is 1.67. The third-order valence-electron chi connectivity index (χ3n) is 0.590. The first kappa shape index (κ1) is 11.9. The van der Waals surface area contributed by atoms with Crippen molar-refractivity contribution in [2.75, 3.05) is 0 Å². The van der Waals surface area contributed by atoms with Gasteiger partial charge in [-0.3, -0.25) is 0 Å². The summed E-state index contributed by atoms with van der Waals surface area (Å²) in [5.41, 5.74) is 0. The predicted octanol–water partition coefficient (Wildman–Crippen LogP) is 2.27. The van der Waals surface area contributed by atoms with Gasteiger partial charge in [0.15, 0.2) is 5.92 Å². The molecule has 0 aliphatic carbocycles. The molecule has 0 heterocycles. The van der Waals surface area contributed by atoms with Gasteiger partial charge in [0.2, 0.25) is 0 Å².